The van der Waals surface area contributed by atoms with Gasteiger partial charge < -0.3 is 15.6 Å². The maximum atomic E-state index is 8.52. The fraction of sp³-hybridized carbons (Fsp3) is 0.455. The van der Waals surface area contributed by atoms with Crippen molar-refractivity contribution in [3.8, 4) is 0 Å². The fourth-order valence-electron chi connectivity index (χ4n) is 1.27. The number of ether oxygens (including phenoxy) is 1. The van der Waals surface area contributed by atoms with Gasteiger partial charge in [0.15, 0.2) is 0 Å². The lowest BCUT2D eigenvalue weighted by molar-refractivity contribution is 0.0944. The number of hydrogen-bond acceptors (Lipinski definition) is 3. The van der Waals surface area contributed by atoms with Crippen LogP contribution in [0.1, 0.15) is 11.1 Å². The Morgan fingerprint density at radius 3 is 2.73 bits per heavy atom. The van der Waals surface area contributed by atoms with E-state index in [-0.39, 0.29) is 6.61 Å². The molecule has 0 fully saturated rings. The zero-order chi connectivity index (χ0) is 11.1. The van der Waals surface area contributed by atoms with Gasteiger partial charge in [0.1, 0.15) is 0 Å². The summed E-state index contributed by atoms with van der Waals surface area (Å²) in [5, 5.41) is 9.25. The second kappa shape index (κ2) is 6.80. The van der Waals surface area contributed by atoms with Gasteiger partial charge in [0.2, 0.25) is 0 Å². The number of nitrogens with two attached hydrogens (primary N) is 1. The molecule has 0 saturated heterocycles. The van der Waals surface area contributed by atoms with Crippen molar-refractivity contribution in [3.63, 3.8) is 0 Å². The van der Waals surface area contributed by atoms with Gasteiger partial charge in [0.05, 0.1) is 19.8 Å². The predicted molar refractivity (Wildman–Crippen MR) is 61.0 cm³/mol. The maximum Gasteiger partial charge on any atom is 0.0697 e. The van der Waals surface area contributed by atoms with Gasteiger partial charge >= 0.3 is 0 Å². The molecule has 3 N–H and O–H groups in total. The second-order valence-electron chi connectivity index (χ2n) is 3.22. The van der Waals surface area contributed by atoms with Crippen molar-refractivity contribution in [2.45, 2.75) is 13.0 Å². The highest BCUT2D eigenvalue weighted by Gasteiger charge is 2.01. The third-order valence-corrected chi connectivity index (χ3v) is 2.46. The topological polar surface area (TPSA) is 55.5 Å². The number of rotatable bonds is 6. The molecule has 0 aliphatic carbocycles. The molecule has 0 unspecified atom stereocenters. The molecule has 0 atom stereocenters. The summed E-state index contributed by atoms with van der Waals surface area (Å²) in [7, 11) is 0. The van der Waals surface area contributed by atoms with Crippen LogP contribution >= 0.6 is 11.6 Å². The van der Waals surface area contributed by atoms with Crippen molar-refractivity contribution in [1.82, 2.24) is 0 Å². The first-order chi connectivity index (χ1) is 7.27. The quantitative estimate of drug-likeness (QED) is 0.724. The summed E-state index contributed by atoms with van der Waals surface area (Å²) >= 11 is 6.06. The number of aliphatic hydroxyl groups is 1. The van der Waals surface area contributed by atoms with Crippen LogP contribution in [0.3, 0.4) is 0 Å². The molecule has 1 aromatic rings. The third kappa shape index (κ3) is 4.18. The van der Waals surface area contributed by atoms with Gasteiger partial charge in [0, 0.05) is 11.6 Å². The van der Waals surface area contributed by atoms with Gasteiger partial charge in [-0.3, -0.25) is 0 Å². The van der Waals surface area contributed by atoms with Gasteiger partial charge in [0.25, 0.3) is 0 Å². The van der Waals surface area contributed by atoms with E-state index >= 15 is 0 Å². The highest BCUT2D eigenvalue weighted by Crippen LogP contribution is 2.18. The SMILES string of the molecule is NCc1ccc(CCOCCO)c(Cl)c1. The molecule has 15 heavy (non-hydrogen) atoms. The van der Waals surface area contributed by atoms with Gasteiger partial charge in [-0.15, -0.1) is 0 Å². The summed E-state index contributed by atoms with van der Waals surface area (Å²) < 4.78 is 5.16. The van der Waals surface area contributed by atoms with Gasteiger partial charge in [-0.05, 0) is 23.6 Å². The summed E-state index contributed by atoms with van der Waals surface area (Å²) in [6.45, 7) is 1.50. The number of halogens is 1. The summed E-state index contributed by atoms with van der Waals surface area (Å²) in [4.78, 5) is 0. The standard InChI is InChI=1S/C11H16ClNO2/c12-11-7-9(8-13)1-2-10(11)3-5-15-6-4-14/h1-2,7,14H,3-6,8,13H2. The molecule has 1 aromatic carbocycles. The zero-order valence-electron chi connectivity index (χ0n) is 8.58. The molecule has 0 spiro atoms. The molecule has 0 aromatic heterocycles. The normalized spacial score (nSPS) is 10.6. The summed E-state index contributed by atoms with van der Waals surface area (Å²) in [5.74, 6) is 0. The molecule has 0 saturated carbocycles. The van der Waals surface area contributed by atoms with E-state index in [1.807, 2.05) is 18.2 Å². The highest BCUT2D eigenvalue weighted by molar-refractivity contribution is 6.31. The van der Waals surface area contributed by atoms with Crippen molar-refractivity contribution < 1.29 is 9.84 Å². The molecular formula is C11H16ClNO2. The molecule has 0 aliphatic heterocycles. The Bertz CT molecular complexity index is 305. The van der Waals surface area contributed by atoms with Crippen LogP contribution in [0.4, 0.5) is 0 Å². The average Bonchev–Trinajstić information content (AvgIpc) is 2.26. The lowest BCUT2D eigenvalue weighted by Crippen LogP contribution is -2.04. The van der Waals surface area contributed by atoms with Crippen molar-refractivity contribution >= 4 is 11.6 Å². The minimum Gasteiger partial charge on any atom is -0.394 e. The molecule has 0 aliphatic rings. The fourth-order valence-corrected chi connectivity index (χ4v) is 1.57. The summed E-state index contributed by atoms with van der Waals surface area (Å²) in [6, 6.07) is 5.81. The first kappa shape index (κ1) is 12.5. The highest BCUT2D eigenvalue weighted by atomic mass is 35.5. The largest absolute Gasteiger partial charge is 0.394 e. The summed E-state index contributed by atoms with van der Waals surface area (Å²) in [6.07, 6.45) is 0.754. The molecule has 1 rings (SSSR count). The van der Waals surface area contributed by atoms with Crippen LogP contribution in [0.5, 0.6) is 0 Å². The Morgan fingerprint density at radius 2 is 2.13 bits per heavy atom. The molecule has 0 amide bonds. The van der Waals surface area contributed by atoms with Crippen LogP contribution in [0.25, 0.3) is 0 Å². The number of benzene rings is 1. The van der Waals surface area contributed by atoms with Crippen LogP contribution in [0.2, 0.25) is 5.02 Å². The number of aliphatic hydroxyl groups excluding tert-OH is 1. The van der Waals surface area contributed by atoms with E-state index in [1.165, 1.54) is 0 Å². The first-order valence-corrected chi connectivity index (χ1v) is 5.31. The predicted octanol–water partition coefficient (Wildman–Crippen LogP) is 1.35. The van der Waals surface area contributed by atoms with Gasteiger partial charge in [-0.25, -0.2) is 0 Å². The van der Waals surface area contributed by atoms with E-state index in [0.717, 1.165) is 22.6 Å². The lowest BCUT2D eigenvalue weighted by atomic mass is 10.1. The Morgan fingerprint density at radius 1 is 1.33 bits per heavy atom. The Labute approximate surface area is 94.8 Å². The minimum atomic E-state index is 0.0554. The van der Waals surface area contributed by atoms with E-state index in [0.29, 0.717) is 19.8 Å². The smallest absolute Gasteiger partial charge is 0.0697 e. The maximum absolute atomic E-state index is 8.52. The van der Waals surface area contributed by atoms with Crippen molar-refractivity contribution in [2.24, 2.45) is 5.73 Å². The third-order valence-electron chi connectivity index (χ3n) is 2.10. The van der Waals surface area contributed by atoms with Crippen molar-refractivity contribution in [3.05, 3.63) is 34.3 Å². The van der Waals surface area contributed by atoms with E-state index in [4.69, 9.17) is 27.2 Å². The average molecular weight is 230 g/mol. The Balaban J connectivity index is 2.47. The van der Waals surface area contributed by atoms with Crippen LogP contribution in [-0.4, -0.2) is 24.9 Å². The zero-order valence-corrected chi connectivity index (χ0v) is 9.33. The van der Waals surface area contributed by atoms with E-state index in [9.17, 15) is 0 Å². The van der Waals surface area contributed by atoms with E-state index < -0.39 is 0 Å². The molecule has 0 radical (unpaired) electrons. The first-order valence-electron chi connectivity index (χ1n) is 4.94. The Kier molecular flexibility index (Phi) is 5.65. The second-order valence-corrected chi connectivity index (χ2v) is 3.62. The monoisotopic (exact) mass is 229 g/mol. The van der Waals surface area contributed by atoms with Gasteiger partial charge in [-0.2, -0.15) is 0 Å². The van der Waals surface area contributed by atoms with Crippen molar-refractivity contribution in [2.75, 3.05) is 19.8 Å². The molecule has 0 heterocycles. The van der Waals surface area contributed by atoms with Crippen LogP contribution in [-0.2, 0) is 17.7 Å². The van der Waals surface area contributed by atoms with Gasteiger partial charge in [-0.1, -0.05) is 23.7 Å². The minimum absolute atomic E-state index is 0.0554. The van der Waals surface area contributed by atoms with Crippen LogP contribution in [0.15, 0.2) is 18.2 Å². The molecule has 0 bridgehead atoms. The molecule has 3 nitrogen and oxygen atoms in total. The lowest BCUT2D eigenvalue weighted by Gasteiger charge is -2.06. The van der Waals surface area contributed by atoms with Crippen LogP contribution < -0.4 is 5.73 Å². The summed E-state index contributed by atoms with van der Waals surface area (Å²) in [5.41, 5.74) is 7.57. The van der Waals surface area contributed by atoms with E-state index in [1.54, 1.807) is 0 Å². The molecular weight excluding hydrogens is 214 g/mol. The van der Waals surface area contributed by atoms with Crippen LogP contribution in [0, 0.1) is 0 Å². The molecule has 4 heteroatoms. The van der Waals surface area contributed by atoms with Crippen molar-refractivity contribution in [1.29, 1.82) is 0 Å². The van der Waals surface area contributed by atoms with E-state index in [2.05, 4.69) is 0 Å². The Hall–Kier alpha value is -0.610. The number of hydrogen-bond donors (Lipinski definition) is 2. The molecule has 84 valence electrons.